The molecule has 0 saturated heterocycles. The Morgan fingerprint density at radius 1 is 1.00 bits per heavy atom. The van der Waals surface area contributed by atoms with Gasteiger partial charge in [-0.3, -0.25) is 0 Å². The zero-order valence-electron chi connectivity index (χ0n) is 7.18. The molecule has 0 atom stereocenters. The Morgan fingerprint density at radius 2 is 1.45 bits per heavy atom. The molecular weight excluding hydrogens is 200 g/mol. The third-order valence-corrected chi connectivity index (χ3v) is 1.76. The molecule has 0 bridgehead atoms. The first-order chi connectivity index (χ1) is 5.31. The molecule has 0 amide bonds. The Kier molecular flexibility index (Phi) is 7.59. The summed E-state index contributed by atoms with van der Waals surface area (Å²) in [5.41, 5.74) is 0. The van der Waals surface area contributed by atoms with E-state index in [4.69, 9.17) is 0 Å². The summed E-state index contributed by atoms with van der Waals surface area (Å²) >= 11 is 3.31. The highest BCUT2D eigenvalue weighted by molar-refractivity contribution is 9.10. The number of halogens is 1. The Hall–Kier alpha value is -0.300. The van der Waals surface area contributed by atoms with Crippen molar-refractivity contribution in [3.8, 4) is 0 Å². The van der Waals surface area contributed by atoms with E-state index in [2.05, 4.69) is 29.8 Å². The van der Waals surface area contributed by atoms with Crippen molar-refractivity contribution in [2.24, 2.45) is 0 Å². The third-order valence-electron chi connectivity index (χ3n) is 1.23. The van der Waals surface area contributed by atoms with E-state index in [1.807, 2.05) is 30.3 Å². The number of benzene rings is 1. The van der Waals surface area contributed by atoms with Gasteiger partial charge in [0.15, 0.2) is 0 Å². The Morgan fingerprint density at radius 3 is 1.64 bits per heavy atom. The van der Waals surface area contributed by atoms with E-state index >= 15 is 0 Å². The molecule has 0 fully saturated rings. The van der Waals surface area contributed by atoms with Gasteiger partial charge in [0.2, 0.25) is 0 Å². The van der Waals surface area contributed by atoms with Gasteiger partial charge in [-0.05, 0) is 12.1 Å². The van der Waals surface area contributed by atoms with Crippen molar-refractivity contribution >= 4 is 15.9 Å². The van der Waals surface area contributed by atoms with E-state index < -0.39 is 0 Å². The maximum atomic E-state index is 3.31. The summed E-state index contributed by atoms with van der Waals surface area (Å²) in [5.74, 6) is 0. The molecule has 0 spiro atoms. The molecule has 0 aliphatic rings. The fourth-order valence-corrected chi connectivity index (χ4v) is 0.720. The predicted octanol–water partition coefficient (Wildman–Crippen LogP) is 4.26. The summed E-state index contributed by atoms with van der Waals surface area (Å²) in [6.07, 6.45) is 2.64. The van der Waals surface area contributed by atoms with Gasteiger partial charge in [0.25, 0.3) is 0 Å². The predicted molar refractivity (Wildman–Crippen MR) is 54.7 cm³/mol. The van der Waals surface area contributed by atoms with Gasteiger partial charge in [0, 0.05) is 4.47 Å². The van der Waals surface area contributed by atoms with Crippen molar-refractivity contribution in [1.82, 2.24) is 0 Å². The minimum atomic E-state index is 1.13. The molecule has 0 N–H and O–H groups in total. The fraction of sp³-hybridized carbons (Fsp3) is 0.400. The summed E-state index contributed by atoms with van der Waals surface area (Å²) in [4.78, 5) is 0. The molecule has 0 heterocycles. The lowest BCUT2D eigenvalue weighted by Gasteiger charge is -1.80. The van der Waals surface area contributed by atoms with E-state index in [0.29, 0.717) is 0 Å². The average molecular weight is 215 g/mol. The lowest BCUT2D eigenvalue weighted by atomic mass is 10.4. The second-order valence-electron chi connectivity index (χ2n) is 2.30. The van der Waals surface area contributed by atoms with Crippen LogP contribution in [0.25, 0.3) is 0 Å². The van der Waals surface area contributed by atoms with Crippen molar-refractivity contribution < 1.29 is 0 Å². The van der Waals surface area contributed by atoms with Crippen LogP contribution in [0.5, 0.6) is 0 Å². The molecule has 0 aromatic heterocycles. The second kappa shape index (κ2) is 7.80. The van der Waals surface area contributed by atoms with Crippen LogP contribution in [-0.4, -0.2) is 0 Å². The Bertz CT molecular complexity index is 156. The highest BCUT2D eigenvalue weighted by atomic mass is 79.9. The molecule has 62 valence electrons. The smallest absolute Gasteiger partial charge is 0.0175 e. The molecule has 1 aromatic rings. The molecule has 1 aromatic carbocycles. The molecule has 0 saturated carbocycles. The minimum Gasteiger partial charge on any atom is -0.0654 e. The number of hydrogen-bond acceptors (Lipinski definition) is 0. The largest absolute Gasteiger partial charge is 0.0654 e. The maximum absolute atomic E-state index is 3.31. The van der Waals surface area contributed by atoms with E-state index in [0.717, 1.165) is 4.47 Å². The van der Waals surface area contributed by atoms with Crippen LogP contribution in [0.1, 0.15) is 26.7 Å². The first kappa shape index (κ1) is 10.7. The van der Waals surface area contributed by atoms with Crippen molar-refractivity contribution in [1.29, 1.82) is 0 Å². The van der Waals surface area contributed by atoms with Gasteiger partial charge >= 0.3 is 0 Å². The molecule has 1 rings (SSSR count). The fourth-order valence-electron chi connectivity index (χ4n) is 0.415. The van der Waals surface area contributed by atoms with E-state index in [9.17, 15) is 0 Å². The number of rotatable bonds is 1. The SMILES string of the molecule is Brc1ccccc1.CCCC. The van der Waals surface area contributed by atoms with Crippen molar-refractivity contribution in [3.63, 3.8) is 0 Å². The van der Waals surface area contributed by atoms with Gasteiger partial charge in [0.05, 0.1) is 0 Å². The van der Waals surface area contributed by atoms with Crippen molar-refractivity contribution in [2.45, 2.75) is 26.7 Å². The van der Waals surface area contributed by atoms with Gasteiger partial charge in [-0.25, -0.2) is 0 Å². The summed E-state index contributed by atoms with van der Waals surface area (Å²) < 4.78 is 1.13. The standard InChI is InChI=1S/C6H5Br.C4H10/c7-6-4-2-1-3-5-6;1-3-4-2/h1-5H;3-4H2,1-2H3. The molecule has 1 heteroatoms. The molecule has 0 radical (unpaired) electrons. The maximum Gasteiger partial charge on any atom is 0.0175 e. The monoisotopic (exact) mass is 214 g/mol. The van der Waals surface area contributed by atoms with Crippen LogP contribution in [0.15, 0.2) is 34.8 Å². The first-order valence-corrected chi connectivity index (χ1v) is 4.81. The lowest BCUT2D eigenvalue weighted by molar-refractivity contribution is 0.886. The van der Waals surface area contributed by atoms with Crippen molar-refractivity contribution in [3.05, 3.63) is 34.8 Å². The molecule has 0 nitrogen and oxygen atoms in total. The van der Waals surface area contributed by atoms with Crippen molar-refractivity contribution in [2.75, 3.05) is 0 Å². The zero-order chi connectivity index (χ0) is 8.53. The lowest BCUT2D eigenvalue weighted by Crippen LogP contribution is -1.55. The van der Waals surface area contributed by atoms with Crippen LogP contribution in [0, 0.1) is 0 Å². The van der Waals surface area contributed by atoms with E-state index in [-0.39, 0.29) is 0 Å². The van der Waals surface area contributed by atoms with Gasteiger partial charge < -0.3 is 0 Å². The normalized spacial score (nSPS) is 8.27. The van der Waals surface area contributed by atoms with Crippen LogP contribution in [0.4, 0.5) is 0 Å². The van der Waals surface area contributed by atoms with E-state index in [1.165, 1.54) is 12.8 Å². The molecule has 0 aliphatic heterocycles. The Balaban J connectivity index is 0.000000218. The molecule has 0 aliphatic carbocycles. The summed E-state index contributed by atoms with van der Waals surface area (Å²) in [6.45, 7) is 4.36. The van der Waals surface area contributed by atoms with Crippen LogP contribution in [-0.2, 0) is 0 Å². The summed E-state index contributed by atoms with van der Waals surface area (Å²) in [7, 11) is 0. The van der Waals surface area contributed by atoms with Gasteiger partial charge in [0.1, 0.15) is 0 Å². The molecule has 0 unspecified atom stereocenters. The average Bonchev–Trinajstić information content (AvgIpc) is 2.07. The quantitative estimate of drug-likeness (QED) is 0.656. The minimum absolute atomic E-state index is 1.13. The van der Waals surface area contributed by atoms with E-state index in [1.54, 1.807) is 0 Å². The first-order valence-electron chi connectivity index (χ1n) is 4.01. The highest BCUT2D eigenvalue weighted by Crippen LogP contribution is 2.05. The van der Waals surface area contributed by atoms with Gasteiger partial charge in [-0.2, -0.15) is 0 Å². The van der Waals surface area contributed by atoms with Crippen LogP contribution in [0.2, 0.25) is 0 Å². The Labute approximate surface area is 77.8 Å². The molecule has 11 heavy (non-hydrogen) atoms. The topological polar surface area (TPSA) is 0 Å². The number of unbranched alkanes of at least 4 members (excludes halogenated alkanes) is 1. The van der Waals surface area contributed by atoms with Gasteiger partial charge in [-0.1, -0.05) is 60.8 Å². The van der Waals surface area contributed by atoms with Crippen LogP contribution < -0.4 is 0 Å². The number of hydrogen-bond donors (Lipinski definition) is 0. The highest BCUT2D eigenvalue weighted by Gasteiger charge is 1.74. The van der Waals surface area contributed by atoms with Crippen LogP contribution >= 0.6 is 15.9 Å². The summed E-state index contributed by atoms with van der Waals surface area (Å²) in [6, 6.07) is 9.97. The second-order valence-corrected chi connectivity index (χ2v) is 3.21. The third kappa shape index (κ3) is 7.60. The zero-order valence-corrected chi connectivity index (χ0v) is 8.76. The summed E-state index contributed by atoms with van der Waals surface area (Å²) in [5, 5.41) is 0. The van der Waals surface area contributed by atoms with Crippen LogP contribution in [0.3, 0.4) is 0 Å². The molecular formula is C10H15Br. The van der Waals surface area contributed by atoms with Gasteiger partial charge in [-0.15, -0.1) is 0 Å².